The van der Waals surface area contributed by atoms with E-state index < -0.39 is 0 Å². The van der Waals surface area contributed by atoms with Crippen molar-refractivity contribution in [1.82, 2.24) is 5.32 Å². The van der Waals surface area contributed by atoms with Crippen molar-refractivity contribution >= 4 is 11.6 Å². The second-order valence-electron chi connectivity index (χ2n) is 3.27. The van der Waals surface area contributed by atoms with Gasteiger partial charge in [-0.15, -0.1) is 0 Å². The molecule has 3 nitrogen and oxygen atoms in total. The van der Waals surface area contributed by atoms with E-state index >= 15 is 0 Å². The van der Waals surface area contributed by atoms with E-state index in [-0.39, 0.29) is 5.82 Å². The Labute approximate surface area is 82.0 Å². The summed E-state index contributed by atoms with van der Waals surface area (Å²) in [5, 5.41) is 5.94. The number of guanidine groups is 1. The highest BCUT2D eigenvalue weighted by Crippen LogP contribution is 2.15. The van der Waals surface area contributed by atoms with Gasteiger partial charge in [-0.2, -0.15) is 0 Å². The van der Waals surface area contributed by atoms with E-state index in [4.69, 9.17) is 0 Å². The molecule has 0 radical (unpaired) electrons. The zero-order valence-electron chi connectivity index (χ0n) is 7.97. The Morgan fingerprint density at radius 1 is 1.50 bits per heavy atom. The third-order valence-electron chi connectivity index (χ3n) is 2.05. The first-order chi connectivity index (χ1) is 6.75. The van der Waals surface area contributed by atoms with Gasteiger partial charge in [0.1, 0.15) is 5.82 Å². The highest BCUT2D eigenvalue weighted by Gasteiger charge is 2.07. The van der Waals surface area contributed by atoms with Crippen molar-refractivity contribution in [1.29, 1.82) is 0 Å². The molecule has 74 valence electrons. The van der Waals surface area contributed by atoms with Crippen molar-refractivity contribution in [2.45, 2.75) is 6.92 Å². The molecule has 0 aliphatic carbocycles. The summed E-state index contributed by atoms with van der Waals surface area (Å²) >= 11 is 0. The van der Waals surface area contributed by atoms with Crippen molar-refractivity contribution < 1.29 is 4.39 Å². The lowest BCUT2D eigenvalue weighted by molar-refractivity contribution is 0.631. The number of nitrogens with zero attached hydrogens (tertiary/aromatic N) is 1. The van der Waals surface area contributed by atoms with E-state index in [1.54, 1.807) is 12.1 Å². The Balaban J connectivity index is 2.19. The van der Waals surface area contributed by atoms with E-state index in [0.717, 1.165) is 18.7 Å². The summed E-state index contributed by atoms with van der Waals surface area (Å²) < 4.78 is 13.3. The maximum atomic E-state index is 13.3. The summed E-state index contributed by atoms with van der Waals surface area (Å²) in [4.78, 5) is 4.13. The number of aryl methyl sites for hydroxylation is 1. The molecule has 0 aromatic heterocycles. The van der Waals surface area contributed by atoms with Crippen LogP contribution < -0.4 is 10.6 Å². The van der Waals surface area contributed by atoms with Gasteiger partial charge >= 0.3 is 0 Å². The molecule has 0 amide bonds. The van der Waals surface area contributed by atoms with Crippen LogP contribution in [0.2, 0.25) is 0 Å². The number of hydrogen-bond donors (Lipinski definition) is 2. The Morgan fingerprint density at radius 2 is 2.36 bits per heavy atom. The summed E-state index contributed by atoms with van der Waals surface area (Å²) in [6, 6.07) is 4.95. The van der Waals surface area contributed by atoms with Gasteiger partial charge in [-0.3, -0.25) is 4.99 Å². The van der Waals surface area contributed by atoms with Crippen LogP contribution in [0.5, 0.6) is 0 Å². The van der Waals surface area contributed by atoms with Crippen LogP contribution in [0.4, 0.5) is 10.1 Å². The predicted octanol–water partition coefficient (Wildman–Crippen LogP) is 1.51. The van der Waals surface area contributed by atoms with E-state index in [1.807, 2.05) is 6.92 Å². The molecule has 0 fully saturated rings. The van der Waals surface area contributed by atoms with E-state index in [1.165, 1.54) is 6.07 Å². The second kappa shape index (κ2) is 3.65. The van der Waals surface area contributed by atoms with Gasteiger partial charge in [-0.25, -0.2) is 4.39 Å². The molecular formula is C10H12FN3. The summed E-state index contributed by atoms with van der Waals surface area (Å²) in [5.41, 5.74) is 1.49. The molecule has 0 atom stereocenters. The Kier molecular flexibility index (Phi) is 2.35. The maximum absolute atomic E-state index is 13.3. The molecule has 2 N–H and O–H groups in total. The van der Waals surface area contributed by atoms with Crippen LogP contribution >= 0.6 is 0 Å². The topological polar surface area (TPSA) is 36.4 Å². The third kappa shape index (κ3) is 1.84. The van der Waals surface area contributed by atoms with Crippen molar-refractivity contribution in [3.63, 3.8) is 0 Å². The normalized spacial score (nSPS) is 14.9. The predicted molar refractivity (Wildman–Crippen MR) is 55.1 cm³/mol. The average Bonchev–Trinajstić information content (AvgIpc) is 2.64. The molecule has 0 unspecified atom stereocenters. The lowest BCUT2D eigenvalue weighted by Crippen LogP contribution is -2.26. The van der Waals surface area contributed by atoms with E-state index in [9.17, 15) is 4.39 Å². The number of hydrogen-bond acceptors (Lipinski definition) is 3. The van der Waals surface area contributed by atoms with Crippen LogP contribution in [0.25, 0.3) is 0 Å². The number of halogens is 1. The highest BCUT2D eigenvalue weighted by atomic mass is 19.1. The van der Waals surface area contributed by atoms with Crippen LogP contribution in [-0.4, -0.2) is 19.0 Å². The van der Waals surface area contributed by atoms with Crippen molar-refractivity contribution in [3.05, 3.63) is 29.6 Å². The number of benzene rings is 1. The molecule has 2 rings (SSSR count). The molecule has 4 heteroatoms. The smallest absolute Gasteiger partial charge is 0.196 e. The Hall–Kier alpha value is -1.58. The minimum absolute atomic E-state index is 0.257. The molecule has 1 aromatic carbocycles. The SMILES string of the molecule is Cc1ccc(F)c(NC2=NCCN2)c1. The fourth-order valence-corrected chi connectivity index (χ4v) is 1.34. The maximum Gasteiger partial charge on any atom is 0.196 e. The second-order valence-corrected chi connectivity index (χ2v) is 3.27. The molecule has 1 aliphatic heterocycles. The first kappa shape index (κ1) is 8.99. The molecular weight excluding hydrogens is 181 g/mol. The van der Waals surface area contributed by atoms with Gasteiger partial charge in [0.25, 0.3) is 0 Å². The van der Waals surface area contributed by atoms with Gasteiger partial charge < -0.3 is 10.6 Å². The first-order valence-electron chi connectivity index (χ1n) is 4.57. The lowest BCUT2D eigenvalue weighted by Gasteiger charge is -2.08. The minimum atomic E-state index is -0.257. The average molecular weight is 193 g/mol. The highest BCUT2D eigenvalue weighted by molar-refractivity contribution is 5.94. The summed E-state index contributed by atoms with van der Waals surface area (Å²) in [6.45, 7) is 3.49. The fourth-order valence-electron chi connectivity index (χ4n) is 1.34. The van der Waals surface area contributed by atoms with E-state index in [2.05, 4.69) is 15.6 Å². The molecule has 1 heterocycles. The van der Waals surface area contributed by atoms with Crippen LogP contribution in [0, 0.1) is 12.7 Å². The Morgan fingerprint density at radius 3 is 3.07 bits per heavy atom. The summed E-state index contributed by atoms with van der Waals surface area (Å²) in [7, 11) is 0. The van der Waals surface area contributed by atoms with Gasteiger partial charge in [0, 0.05) is 6.54 Å². The van der Waals surface area contributed by atoms with Crippen LogP contribution in [0.3, 0.4) is 0 Å². The molecule has 0 spiro atoms. The van der Waals surface area contributed by atoms with Crippen molar-refractivity contribution in [3.8, 4) is 0 Å². The van der Waals surface area contributed by atoms with E-state index in [0.29, 0.717) is 11.6 Å². The monoisotopic (exact) mass is 193 g/mol. The minimum Gasteiger partial charge on any atom is -0.354 e. The Bertz CT molecular complexity index is 374. The molecule has 0 saturated heterocycles. The molecule has 1 aliphatic rings. The quantitative estimate of drug-likeness (QED) is 0.709. The summed E-state index contributed by atoms with van der Waals surface area (Å²) in [5.74, 6) is 0.390. The first-order valence-corrected chi connectivity index (χ1v) is 4.57. The molecule has 14 heavy (non-hydrogen) atoms. The van der Waals surface area contributed by atoms with Crippen molar-refractivity contribution in [2.75, 3.05) is 18.4 Å². The molecule has 0 bridgehead atoms. The zero-order chi connectivity index (χ0) is 9.97. The standard InChI is InChI=1S/C10H12FN3/c1-7-2-3-8(11)9(6-7)14-10-12-4-5-13-10/h2-3,6H,4-5H2,1H3,(H2,12,13,14). The number of anilines is 1. The lowest BCUT2D eigenvalue weighted by atomic mass is 10.2. The zero-order valence-corrected chi connectivity index (χ0v) is 7.97. The van der Waals surface area contributed by atoms with Gasteiger partial charge in [0.05, 0.1) is 12.2 Å². The van der Waals surface area contributed by atoms with Gasteiger partial charge in [-0.1, -0.05) is 6.07 Å². The van der Waals surface area contributed by atoms with Crippen molar-refractivity contribution in [2.24, 2.45) is 4.99 Å². The van der Waals surface area contributed by atoms with Gasteiger partial charge in [0.2, 0.25) is 0 Å². The fraction of sp³-hybridized carbons (Fsp3) is 0.300. The van der Waals surface area contributed by atoms with Crippen LogP contribution in [0.1, 0.15) is 5.56 Å². The van der Waals surface area contributed by atoms with Crippen LogP contribution in [-0.2, 0) is 0 Å². The number of nitrogens with one attached hydrogen (secondary N) is 2. The third-order valence-corrected chi connectivity index (χ3v) is 2.05. The van der Waals surface area contributed by atoms with Crippen LogP contribution in [0.15, 0.2) is 23.2 Å². The number of aliphatic imine (C=N–C) groups is 1. The molecule has 1 aromatic rings. The molecule has 0 saturated carbocycles. The van der Waals surface area contributed by atoms with Gasteiger partial charge in [0.15, 0.2) is 5.96 Å². The number of rotatable bonds is 1. The van der Waals surface area contributed by atoms with Gasteiger partial charge in [-0.05, 0) is 24.6 Å². The largest absolute Gasteiger partial charge is 0.354 e. The summed E-state index contributed by atoms with van der Waals surface area (Å²) in [6.07, 6.45) is 0.